The molecule has 0 saturated carbocycles. The fourth-order valence-electron chi connectivity index (χ4n) is 6.18. The highest BCUT2D eigenvalue weighted by Crippen LogP contribution is 2.12. The lowest BCUT2D eigenvalue weighted by atomic mass is 10.1. The van der Waals surface area contributed by atoms with E-state index in [4.69, 9.17) is 14.2 Å². The summed E-state index contributed by atoms with van der Waals surface area (Å²) in [5, 5.41) is 0. The number of hydrogen-bond acceptors (Lipinski definition) is 6. The largest absolute Gasteiger partial charge is 0.462 e. The Hall–Kier alpha value is -4.45. The van der Waals surface area contributed by atoms with Crippen molar-refractivity contribution in [2.75, 3.05) is 13.2 Å². The molecule has 0 aromatic rings. The van der Waals surface area contributed by atoms with Crippen LogP contribution >= 0.6 is 0 Å². The lowest BCUT2D eigenvalue weighted by Crippen LogP contribution is -2.30. The van der Waals surface area contributed by atoms with Gasteiger partial charge in [-0.25, -0.2) is 0 Å². The van der Waals surface area contributed by atoms with E-state index in [0.29, 0.717) is 12.8 Å². The molecular weight excluding hydrogens is 781 g/mol. The van der Waals surface area contributed by atoms with Crippen LogP contribution in [0, 0.1) is 0 Å². The van der Waals surface area contributed by atoms with Crippen molar-refractivity contribution in [3.63, 3.8) is 0 Å². The van der Waals surface area contributed by atoms with Gasteiger partial charge in [0, 0.05) is 19.3 Å². The summed E-state index contributed by atoms with van der Waals surface area (Å²) < 4.78 is 16.7. The zero-order valence-electron chi connectivity index (χ0n) is 40.0. The minimum absolute atomic E-state index is 0.116. The minimum atomic E-state index is -0.819. The van der Waals surface area contributed by atoms with Crippen LogP contribution in [0.5, 0.6) is 0 Å². The van der Waals surface area contributed by atoms with Gasteiger partial charge < -0.3 is 14.2 Å². The maximum absolute atomic E-state index is 12.8. The summed E-state index contributed by atoms with van der Waals surface area (Å²) in [5.74, 6) is -1.01. The Labute approximate surface area is 385 Å². The molecular formula is C57H88O6. The Kier molecular flexibility index (Phi) is 46.7. The number of ether oxygens (including phenoxy) is 3. The molecule has 0 aliphatic rings. The Morgan fingerprint density at radius 2 is 0.635 bits per heavy atom. The maximum atomic E-state index is 12.8. The van der Waals surface area contributed by atoms with Crippen molar-refractivity contribution in [2.24, 2.45) is 0 Å². The van der Waals surface area contributed by atoms with Crippen LogP contribution in [0.4, 0.5) is 0 Å². The fraction of sp³-hybridized carbons (Fsp3) is 0.561. The molecule has 352 valence electrons. The number of unbranched alkanes of at least 4 members (excludes halogenated alkanes) is 17. The molecule has 0 heterocycles. The van der Waals surface area contributed by atoms with Gasteiger partial charge in [-0.2, -0.15) is 0 Å². The van der Waals surface area contributed by atoms with E-state index in [1.165, 1.54) is 38.5 Å². The van der Waals surface area contributed by atoms with Crippen molar-refractivity contribution < 1.29 is 28.6 Å². The Morgan fingerprint density at radius 3 is 1.03 bits per heavy atom. The minimum Gasteiger partial charge on any atom is -0.462 e. The molecule has 0 spiro atoms. The van der Waals surface area contributed by atoms with Crippen LogP contribution in [0.2, 0.25) is 0 Å². The van der Waals surface area contributed by atoms with Crippen LogP contribution in [-0.2, 0) is 28.6 Å². The number of rotatable bonds is 42. The topological polar surface area (TPSA) is 78.9 Å². The summed E-state index contributed by atoms with van der Waals surface area (Å²) in [4.78, 5) is 37.9. The molecule has 0 amide bonds. The lowest BCUT2D eigenvalue weighted by molar-refractivity contribution is -0.167. The molecule has 63 heavy (non-hydrogen) atoms. The van der Waals surface area contributed by atoms with Crippen LogP contribution < -0.4 is 0 Å². The molecule has 6 nitrogen and oxygen atoms in total. The maximum Gasteiger partial charge on any atom is 0.306 e. The highest BCUT2D eigenvalue weighted by atomic mass is 16.6. The predicted molar refractivity (Wildman–Crippen MR) is 269 cm³/mol. The SMILES string of the molecule is CC\C=C/C=C\C=C/C=C\C=C\C=C/CCCCCC(=O)OCC(COC(=O)CCCCC/C=C\CCCCCCCC)OC(=O)CCCCCCC\C=C/C=C\C=C/C=C\CC. The smallest absolute Gasteiger partial charge is 0.306 e. The highest BCUT2D eigenvalue weighted by Gasteiger charge is 2.19. The molecule has 0 aliphatic carbocycles. The molecule has 1 unspecified atom stereocenters. The summed E-state index contributed by atoms with van der Waals surface area (Å²) in [6.07, 6.45) is 70.0. The molecule has 0 radical (unpaired) electrons. The molecule has 0 N–H and O–H groups in total. The first-order valence-corrected chi connectivity index (χ1v) is 24.8. The molecule has 0 saturated heterocycles. The summed E-state index contributed by atoms with van der Waals surface area (Å²) in [6.45, 7) is 6.25. The van der Waals surface area contributed by atoms with Crippen molar-refractivity contribution in [3.05, 3.63) is 134 Å². The predicted octanol–water partition coefficient (Wildman–Crippen LogP) is 16.3. The summed E-state index contributed by atoms with van der Waals surface area (Å²) in [7, 11) is 0. The monoisotopic (exact) mass is 869 g/mol. The Bertz CT molecular complexity index is 1420. The Morgan fingerprint density at radius 1 is 0.333 bits per heavy atom. The average molecular weight is 869 g/mol. The van der Waals surface area contributed by atoms with E-state index in [9.17, 15) is 14.4 Å². The summed E-state index contributed by atoms with van der Waals surface area (Å²) in [5.41, 5.74) is 0. The van der Waals surface area contributed by atoms with E-state index in [0.717, 1.165) is 109 Å². The van der Waals surface area contributed by atoms with E-state index in [-0.39, 0.29) is 37.5 Å². The van der Waals surface area contributed by atoms with Gasteiger partial charge in [-0.3, -0.25) is 14.4 Å². The second-order valence-corrected chi connectivity index (χ2v) is 15.8. The van der Waals surface area contributed by atoms with E-state index in [1.54, 1.807) is 0 Å². The third-order valence-corrected chi connectivity index (χ3v) is 9.88. The normalized spacial score (nSPS) is 13.3. The van der Waals surface area contributed by atoms with Gasteiger partial charge in [0.15, 0.2) is 6.10 Å². The standard InChI is InChI=1S/C57H88O6/c1-4-7-10-13-16-19-22-25-27-28-30-32-35-38-41-44-47-50-56(59)62-53-54(52-61-55(58)49-46-43-40-37-34-31-24-21-18-15-12-9-6-3)63-57(60)51-48-45-42-39-36-33-29-26-23-20-17-14-11-8-5-2/h7-8,10-11,13-14,16-17,19-20,22-23,25-32,34-35,54H,4-6,9,12,15,18,21,24,33,36-53H2,1-3H3/b10-7-,11-8-,16-13-,17-14-,22-19-,23-20-,27-25-,29-26-,30-28+,34-31-,35-32-. The van der Waals surface area contributed by atoms with Crippen LogP contribution in [0.3, 0.4) is 0 Å². The van der Waals surface area contributed by atoms with Crippen molar-refractivity contribution in [1.82, 2.24) is 0 Å². The molecule has 0 rings (SSSR count). The van der Waals surface area contributed by atoms with Crippen molar-refractivity contribution in [1.29, 1.82) is 0 Å². The zero-order chi connectivity index (χ0) is 45.8. The van der Waals surface area contributed by atoms with Gasteiger partial charge in [0.05, 0.1) is 0 Å². The molecule has 1 atom stereocenters. The molecule has 0 fully saturated rings. The van der Waals surface area contributed by atoms with Gasteiger partial charge in [0.1, 0.15) is 13.2 Å². The van der Waals surface area contributed by atoms with E-state index in [1.807, 2.05) is 85.1 Å². The van der Waals surface area contributed by atoms with Gasteiger partial charge in [-0.15, -0.1) is 0 Å². The third kappa shape index (κ3) is 48.4. The number of esters is 3. The van der Waals surface area contributed by atoms with Crippen molar-refractivity contribution >= 4 is 17.9 Å². The van der Waals surface area contributed by atoms with Gasteiger partial charge >= 0.3 is 17.9 Å². The first kappa shape index (κ1) is 58.6. The van der Waals surface area contributed by atoms with Gasteiger partial charge in [0.2, 0.25) is 0 Å². The number of allylic oxidation sites excluding steroid dienone is 22. The van der Waals surface area contributed by atoms with Crippen molar-refractivity contribution in [3.8, 4) is 0 Å². The molecule has 0 aromatic heterocycles. The summed E-state index contributed by atoms with van der Waals surface area (Å²) >= 11 is 0. The molecule has 0 aromatic carbocycles. The number of carbonyl (C=O) groups excluding carboxylic acids is 3. The first-order chi connectivity index (χ1) is 31.0. The highest BCUT2D eigenvalue weighted by molar-refractivity contribution is 5.71. The second kappa shape index (κ2) is 50.2. The Balaban J connectivity index is 4.58. The van der Waals surface area contributed by atoms with E-state index >= 15 is 0 Å². The lowest BCUT2D eigenvalue weighted by Gasteiger charge is -2.18. The number of hydrogen-bond donors (Lipinski definition) is 0. The number of carbonyl (C=O) groups is 3. The summed E-state index contributed by atoms with van der Waals surface area (Å²) in [6, 6.07) is 0. The van der Waals surface area contributed by atoms with E-state index < -0.39 is 6.10 Å². The van der Waals surface area contributed by atoms with Crippen LogP contribution in [0.1, 0.15) is 188 Å². The fourth-order valence-corrected chi connectivity index (χ4v) is 6.18. The van der Waals surface area contributed by atoms with Crippen LogP contribution in [0.15, 0.2) is 134 Å². The van der Waals surface area contributed by atoms with Gasteiger partial charge in [-0.05, 0) is 83.5 Å². The molecule has 6 heteroatoms. The van der Waals surface area contributed by atoms with Gasteiger partial charge in [0.25, 0.3) is 0 Å². The van der Waals surface area contributed by atoms with Crippen LogP contribution in [0.25, 0.3) is 0 Å². The van der Waals surface area contributed by atoms with Crippen LogP contribution in [-0.4, -0.2) is 37.2 Å². The second-order valence-electron chi connectivity index (χ2n) is 15.8. The first-order valence-electron chi connectivity index (χ1n) is 24.8. The van der Waals surface area contributed by atoms with Gasteiger partial charge in [-0.1, -0.05) is 219 Å². The average Bonchev–Trinajstić information content (AvgIpc) is 3.28. The van der Waals surface area contributed by atoms with E-state index in [2.05, 4.69) is 69.4 Å². The zero-order valence-corrected chi connectivity index (χ0v) is 40.0. The molecule has 0 aliphatic heterocycles. The quantitative estimate of drug-likeness (QED) is 0.0200. The van der Waals surface area contributed by atoms with Crippen molar-refractivity contribution in [2.45, 2.75) is 194 Å². The third-order valence-electron chi connectivity index (χ3n) is 9.88. The molecule has 0 bridgehead atoms.